The first kappa shape index (κ1) is 10.8. The standard InChI is InChI=1S/C16H17Si/c1-17(2)16-9-5-8-15(16)14-11-10-12-6-3-4-7-13(12)14/h3-8,10-11,14H,9H2,1-2H3. The van der Waals surface area contributed by atoms with E-state index in [0.29, 0.717) is 5.92 Å². The van der Waals surface area contributed by atoms with E-state index in [1.165, 1.54) is 17.5 Å². The second-order valence-corrected chi connectivity index (χ2v) is 7.61. The van der Waals surface area contributed by atoms with Gasteiger partial charge in [-0.1, -0.05) is 66.9 Å². The third-order valence-electron chi connectivity index (χ3n) is 3.71. The van der Waals surface area contributed by atoms with Gasteiger partial charge < -0.3 is 0 Å². The summed E-state index contributed by atoms with van der Waals surface area (Å²) in [6.07, 6.45) is 10.5. The maximum Gasteiger partial charge on any atom is 0.0745 e. The van der Waals surface area contributed by atoms with Crippen molar-refractivity contribution in [1.82, 2.24) is 0 Å². The molecule has 3 rings (SSSR count). The van der Waals surface area contributed by atoms with Crippen LogP contribution in [0.5, 0.6) is 0 Å². The molecule has 85 valence electrons. The van der Waals surface area contributed by atoms with Crippen LogP contribution in [0.1, 0.15) is 23.5 Å². The number of benzene rings is 1. The average molecular weight is 237 g/mol. The Hall–Kier alpha value is -1.34. The lowest BCUT2D eigenvalue weighted by molar-refractivity contribution is 1.04. The molecular formula is C16H17Si. The van der Waals surface area contributed by atoms with Gasteiger partial charge in [0.05, 0.1) is 8.80 Å². The Bertz CT molecular complexity index is 532. The summed E-state index contributed by atoms with van der Waals surface area (Å²) in [4.78, 5) is 0. The fourth-order valence-electron chi connectivity index (χ4n) is 2.83. The van der Waals surface area contributed by atoms with E-state index < -0.39 is 0 Å². The minimum absolute atomic E-state index is 0.316. The zero-order valence-electron chi connectivity index (χ0n) is 10.4. The van der Waals surface area contributed by atoms with E-state index in [4.69, 9.17) is 0 Å². The molecule has 17 heavy (non-hydrogen) atoms. The van der Waals surface area contributed by atoms with Crippen molar-refractivity contribution in [3.05, 3.63) is 64.4 Å². The highest BCUT2D eigenvalue weighted by atomic mass is 28.3. The van der Waals surface area contributed by atoms with Crippen LogP contribution in [-0.4, -0.2) is 8.80 Å². The third kappa shape index (κ3) is 1.75. The Labute approximate surface area is 105 Å². The largest absolute Gasteiger partial charge is 0.0806 e. The molecule has 0 fully saturated rings. The molecule has 1 unspecified atom stereocenters. The highest BCUT2D eigenvalue weighted by molar-refractivity contribution is 6.64. The quantitative estimate of drug-likeness (QED) is 0.671. The summed E-state index contributed by atoms with van der Waals surface area (Å²) in [6.45, 7) is 4.80. The van der Waals surface area contributed by atoms with Gasteiger partial charge in [0.15, 0.2) is 0 Å². The molecule has 0 heterocycles. The highest BCUT2D eigenvalue weighted by Crippen LogP contribution is 2.40. The Morgan fingerprint density at radius 2 is 1.94 bits per heavy atom. The van der Waals surface area contributed by atoms with Crippen LogP contribution in [0, 0.1) is 0 Å². The molecule has 2 aliphatic carbocycles. The van der Waals surface area contributed by atoms with E-state index in [1.807, 2.05) is 0 Å². The van der Waals surface area contributed by atoms with Gasteiger partial charge in [0.1, 0.15) is 0 Å². The van der Waals surface area contributed by atoms with Gasteiger partial charge in [-0.05, 0) is 23.1 Å². The second-order valence-electron chi connectivity index (χ2n) is 5.01. The third-order valence-corrected chi connectivity index (χ3v) is 5.41. The predicted octanol–water partition coefficient (Wildman–Crippen LogP) is 4.35. The lowest BCUT2D eigenvalue weighted by Crippen LogP contribution is -2.08. The Balaban J connectivity index is 2.05. The lowest BCUT2D eigenvalue weighted by Gasteiger charge is -2.16. The normalized spacial score (nSPS) is 21.7. The maximum atomic E-state index is 2.40. The zero-order valence-corrected chi connectivity index (χ0v) is 11.4. The molecule has 1 atom stereocenters. The summed E-state index contributed by atoms with van der Waals surface area (Å²) >= 11 is 0. The van der Waals surface area contributed by atoms with Crippen molar-refractivity contribution < 1.29 is 0 Å². The van der Waals surface area contributed by atoms with Crippen molar-refractivity contribution in [3.63, 3.8) is 0 Å². The van der Waals surface area contributed by atoms with Crippen molar-refractivity contribution >= 4 is 14.9 Å². The van der Waals surface area contributed by atoms with Crippen molar-refractivity contribution in [2.45, 2.75) is 25.4 Å². The van der Waals surface area contributed by atoms with Gasteiger partial charge >= 0.3 is 0 Å². The molecule has 1 aromatic rings. The number of hydrogen-bond donors (Lipinski definition) is 0. The zero-order chi connectivity index (χ0) is 11.8. The molecule has 1 heteroatoms. The number of fused-ring (bicyclic) bond motifs is 1. The highest BCUT2D eigenvalue weighted by Gasteiger charge is 2.24. The van der Waals surface area contributed by atoms with Crippen LogP contribution in [0.15, 0.2) is 53.3 Å². The average Bonchev–Trinajstić information content (AvgIpc) is 2.94. The SMILES string of the molecule is C[Si](C)C1=C(C2C=Cc3ccccc32)C=CC1. The summed E-state index contributed by atoms with van der Waals surface area (Å²) in [7, 11) is -0.316. The van der Waals surface area contributed by atoms with Gasteiger partial charge in [0.2, 0.25) is 0 Å². The molecular weight excluding hydrogens is 220 g/mol. The first-order valence-electron chi connectivity index (χ1n) is 6.24. The van der Waals surface area contributed by atoms with Crippen molar-refractivity contribution in [3.8, 4) is 0 Å². The van der Waals surface area contributed by atoms with Gasteiger partial charge in [-0.15, -0.1) is 0 Å². The Morgan fingerprint density at radius 3 is 2.76 bits per heavy atom. The predicted molar refractivity (Wildman–Crippen MR) is 76.5 cm³/mol. The van der Waals surface area contributed by atoms with Gasteiger partial charge in [-0.2, -0.15) is 0 Å². The van der Waals surface area contributed by atoms with Gasteiger partial charge in [-0.25, -0.2) is 0 Å². The van der Waals surface area contributed by atoms with Crippen LogP contribution in [0.2, 0.25) is 13.1 Å². The van der Waals surface area contributed by atoms with Crippen LogP contribution in [0.25, 0.3) is 6.08 Å². The van der Waals surface area contributed by atoms with Crippen molar-refractivity contribution in [1.29, 1.82) is 0 Å². The molecule has 0 aromatic heterocycles. The number of rotatable bonds is 2. The Morgan fingerprint density at radius 1 is 1.12 bits per heavy atom. The molecule has 0 spiro atoms. The first-order chi connectivity index (χ1) is 8.27. The monoisotopic (exact) mass is 237 g/mol. The molecule has 0 aliphatic heterocycles. The molecule has 0 saturated carbocycles. The van der Waals surface area contributed by atoms with E-state index in [0.717, 1.165) is 0 Å². The van der Waals surface area contributed by atoms with E-state index in [9.17, 15) is 0 Å². The number of hydrogen-bond acceptors (Lipinski definition) is 0. The lowest BCUT2D eigenvalue weighted by atomic mass is 9.93. The van der Waals surface area contributed by atoms with E-state index in [2.05, 4.69) is 61.7 Å². The van der Waals surface area contributed by atoms with E-state index in [-0.39, 0.29) is 8.80 Å². The number of allylic oxidation sites excluding steroid dienone is 5. The van der Waals surface area contributed by atoms with Crippen LogP contribution in [0.4, 0.5) is 0 Å². The fraction of sp³-hybridized carbons (Fsp3) is 0.250. The Kier molecular flexibility index (Phi) is 2.64. The molecule has 1 radical (unpaired) electrons. The molecule has 2 aliphatic rings. The van der Waals surface area contributed by atoms with Crippen LogP contribution in [-0.2, 0) is 0 Å². The second kappa shape index (κ2) is 4.15. The topological polar surface area (TPSA) is 0 Å². The van der Waals surface area contributed by atoms with Crippen LogP contribution < -0.4 is 0 Å². The van der Waals surface area contributed by atoms with Crippen molar-refractivity contribution in [2.75, 3.05) is 0 Å². The summed E-state index contributed by atoms with van der Waals surface area (Å²) in [5.41, 5.74) is 4.45. The fourth-order valence-corrected chi connectivity index (χ4v) is 4.17. The molecule has 0 bridgehead atoms. The van der Waals surface area contributed by atoms with Crippen molar-refractivity contribution in [2.24, 2.45) is 0 Å². The molecule has 0 amide bonds. The molecule has 0 N–H and O–H groups in total. The van der Waals surface area contributed by atoms with Crippen LogP contribution in [0.3, 0.4) is 0 Å². The first-order valence-corrected chi connectivity index (χ1v) is 8.74. The van der Waals surface area contributed by atoms with Gasteiger partial charge in [-0.3, -0.25) is 0 Å². The van der Waals surface area contributed by atoms with E-state index in [1.54, 1.807) is 10.8 Å². The minimum atomic E-state index is -0.316. The minimum Gasteiger partial charge on any atom is -0.0806 e. The summed E-state index contributed by atoms with van der Waals surface area (Å²) in [5.74, 6) is 0.514. The molecule has 0 nitrogen and oxygen atoms in total. The maximum absolute atomic E-state index is 2.40. The summed E-state index contributed by atoms with van der Waals surface area (Å²) in [6, 6.07) is 8.77. The smallest absolute Gasteiger partial charge is 0.0745 e. The van der Waals surface area contributed by atoms with Gasteiger partial charge in [0.25, 0.3) is 0 Å². The summed E-state index contributed by atoms with van der Waals surface area (Å²) < 4.78 is 0. The summed E-state index contributed by atoms with van der Waals surface area (Å²) in [5, 5.41) is 1.71. The van der Waals surface area contributed by atoms with Gasteiger partial charge in [0, 0.05) is 5.92 Å². The van der Waals surface area contributed by atoms with Crippen LogP contribution >= 0.6 is 0 Å². The molecule has 0 saturated heterocycles. The van der Waals surface area contributed by atoms with E-state index >= 15 is 0 Å². The molecule has 1 aromatic carbocycles.